The third kappa shape index (κ3) is 11.3. The third-order valence-corrected chi connectivity index (χ3v) is 30.6. The van der Waals surface area contributed by atoms with E-state index in [0.29, 0.717) is 11.6 Å². The van der Waals surface area contributed by atoms with Crippen molar-refractivity contribution in [2.24, 2.45) is 0 Å². The minimum atomic E-state index is -0.491. The summed E-state index contributed by atoms with van der Waals surface area (Å²) >= 11 is 5.57. The normalized spacial score (nSPS) is 13.3. The number of thiophene rings is 1. The molecule has 2 spiro atoms. The highest BCUT2D eigenvalue weighted by Crippen LogP contribution is 2.65. The van der Waals surface area contributed by atoms with Gasteiger partial charge in [-0.1, -0.05) is 369 Å². The van der Waals surface area contributed by atoms with Crippen molar-refractivity contribution in [2.75, 3.05) is 0 Å². The van der Waals surface area contributed by atoms with E-state index >= 15 is 0 Å². The molecule has 2 aliphatic heterocycles. The lowest BCUT2D eigenvalue weighted by Gasteiger charge is -2.40. The van der Waals surface area contributed by atoms with Gasteiger partial charge in [-0.2, -0.15) is 0 Å². The first-order valence-electron chi connectivity index (χ1n) is 44.0. The minimum absolute atomic E-state index is 0.483. The Kier molecular flexibility index (Phi) is 16.8. The Bertz CT molecular complexity index is 8800. The lowest BCUT2D eigenvalue weighted by Crippen LogP contribution is -2.32. The van der Waals surface area contributed by atoms with E-state index < -0.39 is 10.8 Å². The van der Waals surface area contributed by atoms with Gasteiger partial charge in [-0.05, 0) is 156 Å². The SMILES string of the molecule is c1ccc(-c2nc(-c3ccc4c(c3)nc(-c3ccccc3)c3cc5c(cc34)C3(c4ccccc4S5)c4ccccc4-c4ccccc43)cc(-c3cccc4c3sc3ccccc34)n2)cc1.c1ccc(-c2nc(-c3ccc4c(c3)nc(-c3ccccc3)c3cc5c(cc34)C3(c4ccccc4S5)c4ccccc4-c4ccccc43)cc(-c3cccc4oc5ccccc5c34)n2)cc1. The Labute approximate surface area is 760 Å². The Morgan fingerprint density at radius 3 is 1.08 bits per heavy atom. The van der Waals surface area contributed by atoms with Crippen LogP contribution in [0.5, 0.6) is 0 Å². The van der Waals surface area contributed by atoms with Gasteiger partial charge in [-0.3, -0.25) is 0 Å². The fourth-order valence-corrected chi connectivity index (χ4v) is 25.1. The van der Waals surface area contributed by atoms with Crippen LogP contribution in [0.15, 0.2) is 449 Å². The molecule has 4 aliphatic rings. The molecular weight excluding hydrogens is 1640 g/mol. The molecular formula is C120H70N6OS3. The maximum Gasteiger partial charge on any atom is 0.160 e. The first-order valence-corrected chi connectivity index (χ1v) is 46.5. The number of furan rings is 1. The number of nitrogens with zero attached hydrogens (tertiary/aromatic N) is 6. The van der Waals surface area contributed by atoms with Crippen molar-refractivity contribution < 1.29 is 4.42 Å². The molecule has 24 aromatic rings. The average molecular weight is 1710 g/mol. The molecule has 8 heterocycles. The van der Waals surface area contributed by atoms with Crippen molar-refractivity contribution in [3.8, 4) is 113 Å². The molecule has 0 bridgehead atoms. The van der Waals surface area contributed by atoms with Crippen molar-refractivity contribution in [3.63, 3.8) is 0 Å². The Hall–Kier alpha value is -15.8. The van der Waals surface area contributed by atoms with Gasteiger partial charge in [0.1, 0.15) is 11.2 Å². The lowest BCUT2D eigenvalue weighted by molar-refractivity contribution is 0.669. The summed E-state index contributed by atoms with van der Waals surface area (Å²) in [7, 11) is 0. The maximum absolute atomic E-state index is 6.34. The molecule has 7 nitrogen and oxygen atoms in total. The molecule has 0 atom stereocenters. The Balaban J connectivity index is 0.000000134. The van der Waals surface area contributed by atoms with E-state index in [0.717, 1.165) is 133 Å². The largest absolute Gasteiger partial charge is 0.456 e. The van der Waals surface area contributed by atoms with Crippen molar-refractivity contribution in [1.29, 1.82) is 0 Å². The van der Waals surface area contributed by atoms with Crippen molar-refractivity contribution >= 4 is 120 Å². The molecule has 0 unspecified atom stereocenters. The van der Waals surface area contributed by atoms with Crippen LogP contribution in [0.3, 0.4) is 0 Å². The molecule has 10 heteroatoms. The van der Waals surface area contributed by atoms with Crippen LogP contribution in [-0.2, 0) is 10.8 Å². The van der Waals surface area contributed by atoms with Gasteiger partial charge in [0.2, 0.25) is 0 Å². The van der Waals surface area contributed by atoms with Crippen LogP contribution in [0.25, 0.3) is 198 Å². The second kappa shape index (κ2) is 29.4. The summed E-state index contributed by atoms with van der Waals surface area (Å²) in [6.45, 7) is 0. The van der Waals surface area contributed by atoms with E-state index in [1.54, 1.807) is 0 Å². The van der Waals surface area contributed by atoms with Gasteiger partial charge in [0.15, 0.2) is 11.6 Å². The van der Waals surface area contributed by atoms with E-state index in [1.165, 1.54) is 117 Å². The second-order valence-corrected chi connectivity index (χ2v) is 37.2. The summed E-state index contributed by atoms with van der Waals surface area (Å²) < 4.78 is 8.84. The summed E-state index contributed by atoms with van der Waals surface area (Å²) in [5, 5.41) is 11.5. The zero-order valence-electron chi connectivity index (χ0n) is 69.7. The van der Waals surface area contributed by atoms with Gasteiger partial charge in [-0.15, -0.1) is 11.3 Å². The smallest absolute Gasteiger partial charge is 0.160 e. The monoisotopic (exact) mass is 1710 g/mol. The molecule has 0 saturated heterocycles. The molecule has 130 heavy (non-hydrogen) atoms. The molecule has 0 amide bonds. The van der Waals surface area contributed by atoms with E-state index in [1.807, 2.05) is 83.4 Å². The molecule has 18 aromatic carbocycles. The number of hydrogen-bond acceptors (Lipinski definition) is 10. The van der Waals surface area contributed by atoms with Gasteiger partial charge < -0.3 is 4.42 Å². The number of benzene rings is 18. The number of pyridine rings is 2. The summed E-state index contributed by atoms with van der Waals surface area (Å²) in [5.74, 6) is 1.35. The molecule has 0 radical (unpaired) electrons. The molecule has 0 saturated carbocycles. The highest BCUT2D eigenvalue weighted by Gasteiger charge is 2.52. The number of aromatic nitrogens is 6. The summed E-state index contributed by atoms with van der Waals surface area (Å²) in [6.07, 6.45) is 0. The topological polar surface area (TPSA) is 90.5 Å². The highest BCUT2D eigenvalue weighted by molar-refractivity contribution is 7.99. The molecule has 604 valence electrons. The van der Waals surface area contributed by atoms with E-state index in [-0.39, 0.29) is 0 Å². The first-order chi connectivity index (χ1) is 64.4. The van der Waals surface area contributed by atoms with Crippen LogP contribution in [0.4, 0.5) is 0 Å². The lowest BCUT2D eigenvalue weighted by atomic mass is 9.67. The predicted octanol–water partition coefficient (Wildman–Crippen LogP) is 31.6. The highest BCUT2D eigenvalue weighted by atomic mass is 32.2. The molecule has 2 aliphatic carbocycles. The van der Waals surface area contributed by atoms with Crippen molar-refractivity contribution in [1.82, 2.24) is 29.9 Å². The molecule has 0 N–H and O–H groups in total. The first kappa shape index (κ1) is 74.4. The third-order valence-electron chi connectivity index (χ3n) is 27.1. The Morgan fingerprint density at radius 2 is 0.585 bits per heavy atom. The van der Waals surface area contributed by atoms with Crippen LogP contribution in [0.1, 0.15) is 44.5 Å². The maximum atomic E-state index is 6.34. The van der Waals surface area contributed by atoms with Crippen LogP contribution in [-0.4, -0.2) is 29.9 Å². The number of hydrogen-bond donors (Lipinski definition) is 0. The van der Waals surface area contributed by atoms with Crippen LogP contribution >= 0.6 is 34.9 Å². The predicted molar refractivity (Wildman–Crippen MR) is 536 cm³/mol. The molecule has 28 rings (SSSR count). The zero-order valence-corrected chi connectivity index (χ0v) is 72.2. The summed E-state index contributed by atoms with van der Waals surface area (Å²) in [5.41, 5.74) is 31.8. The quantitative estimate of drug-likeness (QED) is 0.138. The summed E-state index contributed by atoms with van der Waals surface area (Å²) in [4.78, 5) is 37.4. The van der Waals surface area contributed by atoms with E-state index in [9.17, 15) is 0 Å². The van der Waals surface area contributed by atoms with Crippen LogP contribution in [0, 0.1) is 0 Å². The minimum Gasteiger partial charge on any atom is -0.456 e. The van der Waals surface area contributed by atoms with Crippen molar-refractivity contribution in [2.45, 2.75) is 30.4 Å². The summed E-state index contributed by atoms with van der Waals surface area (Å²) in [6, 6.07) is 153. The molecule has 6 aromatic heterocycles. The van der Waals surface area contributed by atoms with Gasteiger partial charge in [0.05, 0.1) is 56.0 Å². The number of para-hydroxylation sites is 1. The van der Waals surface area contributed by atoms with Gasteiger partial charge >= 0.3 is 0 Å². The number of rotatable bonds is 8. The zero-order chi connectivity index (χ0) is 85.3. The van der Waals surface area contributed by atoms with Crippen molar-refractivity contribution in [3.05, 3.63) is 469 Å². The fourth-order valence-electron chi connectivity index (χ4n) is 21.5. The average Bonchev–Trinajstić information content (AvgIpc) is 1.47. The van der Waals surface area contributed by atoms with Gasteiger partial charge in [-0.25, -0.2) is 29.9 Å². The second-order valence-electron chi connectivity index (χ2n) is 34.0. The van der Waals surface area contributed by atoms with Crippen LogP contribution < -0.4 is 0 Å². The molecule has 0 fully saturated rings. The van der Waals surface area contributed by atoms with Crippen LogP contribution in [0.2, 0.25) is 0 Å². The number of fused-ring (bicyclic) bond motifs is 30. The van der Waals surface area contributed by atoms with E-state index in [2.05, 4.69) is 376 Å². The van der Waals surface area contributed by atoms with E-state index in [4.69, 9.17) is 34.3 Å². The standard InChI is InChI=1S/C60H35N3OS.C60H35N3S2/c1-3-16-36(17-4-1)58-45-34-56-49(60(48-26-12-14-29-55(48)65-56)46-24-10-7-20-39(46)40-21-8-11-25-47(40)60)33-44(45)41-31-30-38(32-51(41)61-58)50-35-52(63-59(62-50)37-18-5-2-6-19-37)42-23-15-28-54-57(42)43-22-9-13-27-53(43)64-54;1-3-16-36(17-4-1)57-46-34-56-50(60(49-27-12-14-29-55(49)64-56)47-25-10-7-20-39(47)40-21-8-11-26-48(40)60)33-45(46)41-31-30-38(32-52(41)61-57)51-35-53(63-59(62-51)37-18-5-2-6-19-37)44-24-15-23-43-42-22-9-13-28-54(42)65-58(43)44/h2*1-35H. The van der Waals surface area contributed by atoms with Gasteiger partial charge in [0.25, 0.3) is 0 Å². The van der Waals surface area contributed by atoms with Gasteiger partial charge in [0, 0.05) is 117 Å². The fraction of sp³-hybridized carbons (Fsp3) is 0.0167. The Morgan fingerprint density at radius 1 is 0.208 bits per heavy atom.